The minimum atomic E-state index is 0.493. The lowest BCUT2D eigenvalue weighted by molar-refractivity contribution is 0.260. The molecule has 17 heavy (non-hydrogen) atoms. The normalized spacial score (nSPS) is 11.0. The van der Waals surface area contributed by atoms with E-state index >= 15 is 0 Å². The molecule has 0 unspecified atom stereocenters. The highest BCUT2D eigenvalue weighted by Gasteiger charge is 2.10. The second-order valence-electron chi connectivity index (χ2n) is 3.07. The molecule has 0 spiro atoms. The number of ether oxygens (including phenoxy) is 1. The minimum Gasteiger partial charge on any atom is -0.486 e. The van der Waals surface area contributed by atoms with Gasteiger partial charge in [-0.1, -0.05) is 48.0 Å². The van der Waals surface area contributed by atoms with E-state index < -0.39 is 0 Å². The first-order valence-electron chi connectivity index (χ1n) is 5.22. The second-order valence-corrected chi connectivity index (χ2v) is 4.01. The molecule has 0 aliphatic carbocycles. The summed E-state index contributed by atoms with van der Waals surface area (Å²) in [6, 6.07) is 11.6. The quantitative estimate of drug-likeness (QED) is 0.452. The van der Waals surface area contributed by atoms with Crippen molar-refractivity contribution in [2.45, 2.75) is 6.92 Å². The lowest BCUT2D eigenvalue weighted by Crippen LogP contribution is -1.94. The van der Waals surface area contributed by atoms with E-state index in [2.05, 4.69) is 12.0 Å². The second kappa shape index (κ2) is 7.44. The van der Waals surface area contributed by atoms with Crippen LogP contribution in [-0.2, 0) is 4.74 Å². The van der Waals surface area contributed by atoms with E-state index in [0.717, 1.165) is 5.56 Å². The molecule has 0 amide bonds. The van der Waals surface area contributed by atoms with Crippen LogP contribution in [0, 0.1) is 23.7 Å². The molecule has 0 aliphatic heterocycles. The fourth-order valence-electron chi connectivity index (χ4n) is 1.26. The standard InChI is InChI=1S/C14H13NOS/c1-3-10-17-14(16-4-2)13(11-15)12-8-6-5-7-9-12/h1,5-9H,4,10H2,2H3/b14-13+. The summed E-state index contributed by atoms with van der Waals surface area (Å²) in [5.41, 5.74) is 1.38. The molecule has 0 heterocycles. The molecule has 1 rings (SSSR count). The Hall–Kier alpha value is -1.84. The fraction of sp³-hybridized carbons (Fsp3) is 0.214. The number of hydrogen-bond donors (Lipinski definition) is 0. The van der Waals surface area contributed by atoms with Gasteiger partial charge in [0.15, 0.2) is 5.09 Å². The molecule has 2 nitrogen and oxygen atoms in total. The van der Waals surface area contributed by atoms with Crippen molar-refractivity contribution in [2.75, 3.05) is 12.4 Å². The zero-order chi connectivity index (χ0) is 12.5. The van der Waals surface area contributed by atoms with E-state index in [9.17, 15) is 5.26 Å². The number of benzene rings is 1. The predicted molar refractivity (Wildman–Crippen MR) is 71.9 cm³/mol. The molecule has 0 N–H and O–H groups in total. The highest BCUT2D eigenvalue weighted by atomic mass is 32.2. The Labute approximate surface area is 106 Å². The lowest BCUT2D eigenvalue weighted by atomic mass is 10.1. The molecule has 0 aromatic heterocycles. The molecule has 0 atom stereocenters. The van der Waals surface area contributed by atoms with Gasteiger partial charge in [-0.15, -0.1) is 6.42 Å². The number of nitrogens with zero attached hydrogens (tertiary/aromatic N) is 1. The minimum absolute atomic E-state index is 0.493. The Morgan fingerprint density at radius 2 is 2.12 bits per heavy atom. The third-order valence-corrected chi connectivity index (χ3v) is 2.84. The summed E-state index contributed by atoms with van der Waals surface area (Å²) in [7, 11) is 0. The lowest BCUT2D eigenvalue weighted by Gasteiger charge is -2.09. The largest absolute Gasteiger partial charge is 0.486 e. The van der Waals surface area contributed by atoms with Gasteiger partial charge in [-0.05, 0) is 12.5 Å². The topological polar surface area (TPSA) is 33.0 Å². The van der Waals surface area contributed by atoms with Crippen molar-refractivity contribution in [3.8, 4) is 18.4 Å². The molecule has 0 saturated carbocycles. The Morgan fingerprint density at radius 1 is 1.41 bits per heavy atom. The molecule has 1 aromatic rings. The maximum atomic E-state index is 9.22. The van der Waals surface area contributed by atoms with Crippen molar-refractivity contribution in [1.29, 1.82) is 5.26 Å². The highest BCUT2D eigenvalue weighted by Crippen LogP contribution is 2.27. The van der Waals surface area contributed by atoms with E-state index in [1.165, 1.54) is 11.8 Å². The van der Waals surface area contributed by atoms with Gasteiger partial charge in [-0.25, -0.2) is 0 Å². The number of thioether (sulfide) groups is 1. The number of terminal acetylenes is 1. The fourth-order valence-corrected chi connectivity index (χ4v) is 1.98. The summed E-state index contributed by atoms with van der Waals surface area (Å²) in [6.07, 6.45) is 5.22. The van der Waals surface area contributed by atoms with Crippen LogP contribution in [0.2, 0.25) is 0 Å². The summed E-state index contributed by atoms with van der Waals surface area (Å²) >= 11 is 1.37. The molecular weight excluding hydrogens is 230 g/mol. The van der Waals surface area contributed by atoms with Crippen LogP contribution >= 0.6 is 11.8 Å². The van der Waals surface area contributed by atoms with Gasteiger partial charge in [0.2, 0.25) is 0 Å². The Kier molecular flexibility index (Phi) is 5.79. The van der Waals surface area contributed by atoms with Crippen molar-refractivity contribution >= 4 is 17.3 Å². The van der Waals surface area contributed by atoms with Crippen molar-refractivity contribution < 1.29 is 4.74 Å². The van der Waals surface area contributed by atoms with E-state index in [1.807, 2.05) is 37.3 Å². The van der Waals surface area contributed by atoms with Crippen LogP contribution < -0.4 is 0 Å². The van der Waals surface area contributed by atoms with Gasteiger partial charge >= 0.3 is 0 Å². The van der Waals surface area contributed by atoms with Crippen LogP contribution in [-0.4, -0.2) is 12.4 Å². The summed E-state index contributed by atoms with van der Waals surface area (Å²) in [5.74, 6) is 3.02. The zero-order valence-electron chi connectivity index (χ0n) is 9.64. The zero-order valence-corrected chi connectivity index (χ0v) is 10.5. The van der Waals surface area contributed by atoms with Crippen LogP contribution in [0.5, 0.6) is 0 Å². The molecule has 0 bridgehead atoms. The molecule has 0 radical (unpaired) electrons. The van der Waals surface area contributed by atoms with Crippen LogP contribution in [0.15, 0.2) is 35.4 Å². The first kappa shape index (κ1) is 13.2. The van der Waals surface area contributed by atoms with Crippen LogP contribution in [0.1, 0.15) is 12.5 Å². The highest BCUT2D eigenvalue weighted by molar-refractivity contribution is 8.03. The first-order valence-corrected chi connectivity index (χ1v) is 6.20. The van der Waals surface area contributed by atoms with E-state index in [1.54, 1.807) is 0 Å². The van der Waals surface area contributed by atoms with Gasteiger partial charge < -0.3 is 4.74 Å². The van der Waals surface area contributed by atoms with Crippen molar-refractivity contribution in [3.05, 3.63) is 41.0 Å². The van der Waals surface area contributed by atoms with Gasteiger partial charge in [0.25, 0.3) is 0 Å². The molecule has 0 fully saturated rings. The number of nitriles is 1. The van der Waals surface area contributed by atoms with E-state index in [-0.39, 0.29) is 0 Å². The number of rotatable bonds is 5. The number of hydrogen-bond acceptors (Lipinski definition) is 3. The maximum Gasteiger partial charge on any atom is 0.172 e. The number of allylic oxidation sites excluding steroid dienone is 1. The molecule has 0 saturated heterocycles. The SMILES string of the molecule is C#CCS/C(OCC)=C(\C#N)c1ccccc1. The monoisotopic (exact) mass is 243 g/mol. The third kappa shape index (κ3) is 3.90. The van der Waals surface area contributed by atoms with Crippen LogP contribution in [0.3, 0.4) is 0 Å². The Bertz CT molecular complexity index is 465. The van der Waals surface area contributed by atoms with Crippen molar-refractivity contribution in [1.82, 2.24) is 0 Å². The van der Waals surface area contributed by atoms with Gasteiger partial charge in [0.05, 0.1) is 12.4 Å². The van der Waals surface area contributed by atoms with Gasteiger partial charge in [-0.3, -0.25) is 0 Å². The molecular formula is C14H13NOS. The average molecular weight is 243 g/mol. The van der Waals surface area contributed by atoms with E-state index in [4.69, 9.17) is 11.2 Å². The van der Waals surface area contributed by atoms with Crippen molar-refractivity contribution in [3.63, 3.8) is 0 Å². The molecule has 0 aliphatic rings. The molecule has 86 valence electrons. The first-order chi connectivity index (χ1) is 8.33. The molecule has 3 heteroatoms. The Morgan fingerprint density at radius 3 is 2.65 bits per heavy atom. The van der Waals surface area contributed by atoms with Crippen LogP contribution in [0.25, 0.3) is 5.57 Å². The van der Waals surface area contributed by atoms with Gasteiger partial charge in [0.1, 0.15) is 11.6 Å². The predicted octanol–water partition coefficient (Wildman–Crippen LogP) is 3.28. The summed E-state index contributed by atoms with van der Waals surface area (Å²) in [4.78, 5) is 0. The van der Waals surface area contributed by atoms with Crippen LogP contribution in [0.4, 0.5) is 0 Å². The maximum absolute atomic E-state index is 9.22. The summed E-state index contributed by atoms with van der Waals surface area (Å²) < 4.78 is 5.48. The molecule has 1 aromatic carbocycles. The average Bonchev–Trinajstić information content (AvgIpc) is 2.38. The van der Waals surface area contributed by atoms with Gasteiger partial charge in [0, 0.05) is 0 Å². The van der Waals surface area contributed by atoms with Gasteiger partial charge in [-0.2, -0.15) is 5.26 Å². The van der Waals surface area contributed by atoms with E-state index in [0.29, 0.717) is 23.0 Å². The summed E-state index contributed by atoms with van der Waals surface area (Å²) in [5, 5.41) is 9.82. The summed E-state index contributed by atoms with van der Waals surface area (Å²) in [6.45, 7) is 2.40. The smallest absolute Gasteiger partial charge is 0.172 e. The third-order valence-electron chi connectivity index (χ3n) is 1.94. The van der Waals surface area contributed by atoms with Crippen molar-refractivity contribution in [2.24, 2.45) is 0 Å². The Balaban J connectivity index is 3.09.